The summed E-state index contributed by atoms with van der Waals surface area (Å²) in [5, 5.41) is 3.50. The van der Waals surface area contributed by atoms with E-state index in [0.29, 0.717) is 5.13 Å². The van der Waals surface area contributed by atoms with Crippen molar-refractivity contribution in [1.82, 2.24) is 14.8 Å². The van der Waals surface area contributed by atoms with Crippen LogP contribution in [0.1, 0.15) is 10.6 Å². The predicted octanol–water partition coefficient (Wildman–Crippen LogP) is 1.22. The average Bonchev–Trinajstić information content (AvgIpc) is 2.58. The number of nitrogens with zero attached hydrogens (tertiary/aromatic N) is 3. The highest BCUT2D eigenvalue weighted by Crippen LogP contribution is 2.27. The van der Waals surface area contributed by atoms with Crippen molar-refractivity contribution in [3.8, 4) is 0 Å². The molecule has 16 heavy (non-hydrogen) atoms. The fourth-order valence-corrected chi connectivity index (χ4v) is 2.66. The highest BCUT2D eigenvalue weighted by Gasteiger charge is 2.19. The topological polar surface area (TPSA) is 48.5 Å². The molecule has 0 aromatic carbocycles. The van der Waals surface area contributed by atoms with Crippen LogP contribution in [-0.4, -0.2) is 48.5 Å². The van der Waals surface area contributed by atoms with E-state index in [2.05, 4.69) is 22.2 Å². The van der Waals surface area contributed by atoms with Gasteiger partial charge in [0.15, 0.2) is 5.13 Å². The number of amides is 2. The van der Waals surface area contributed by atoms with Crippen LogP contribution in [0, 0.1) is 0 Å². The summed E-state index contributed by atoms with van der Waals surface area (Å²) in [6.45, 7) is 1.97. The first-order valence-corrected chi connectivity index (χ1v) is 6.03. The second-order valence-electron chi connectivity index (χ2n) is 4.20. The molecular weight excluding hydrogens is 224 g/mol. The number of urea groups is 1. The summed E-state index contributed by atoms with van der Waals surface area (Å²) >= 11 is 1.57. The molecule has 2 heterocycles. The van der Waals surface area contributed by atoms with Gasteiger partial charge in [-0.3, -0.25) is 5.32 Å². The van der Waals surface area contributed by atoms with Crippen molar-refractivity contribution < 1.29 is 4.79 Å². The molecule has 2 rings (SSSR count). The van der Waals surface area contributed by atoms with Crippen molar-refractivity contribution >= 4 is 22.5 Å². The van der Waals surface area contributed by atoms with Crippen LogP contribution in [0.2, 0.25) is 0 Å². The van der Waals surface area contributed by atoms with Crippen molar-refractivity contribution in [3.63, 3.8) is 0 Å². The summed E-state index contributed by atoms with van der Waals surface area (Å²) in [6.07, 6.45) is 0.972. The van der Waals surface area contributed by atoms with Gasteiger partial charge in [-0.05, 0) is 7.05 Å². The first kappa shape index (κ1) is 11.3. The molecule has 0 unspecified atom stereocenters. The lowest BCUT2D eigenvalue weighted by molar-refractivity contribution is 0.230. The lowest BCUT2D eigenvalue weighted by Crippen LogP contribution is -2.27. The van der Waals surface area contributed by atoms with E-state index in [1.165, 1.54) is 9.78 Å². The highest BCUT2D eigenvalue weighted by molar-refractivity contribution is 7.15. The quantitative estimate of drug-likeness (QED) is 0.803. The van der Waals surface area contributed by atoms with E-state index in [1.54, 1.807) is 25.4 Å². The minimum atomic E-state index is -0.126. The summed E-state index contributed by atoms with van der Waals surface area (Å²) in [5.41, 5.74) is 1.14. The third-order valence-corrected chi connectivity index (χ3v) is 3.54. The summed E-state index contributed by atoms with van der Waals surface area (Å²) in [5.74, 6) is 0. The maximum atomic E-state index is 11.5. The molecule has 0 fully saturated rings. The first-order chi connectivity index (χ1) is 7.56. The van der Waals surface area contributed by atoms with Crippen molar-refractivity contribution in [2.75, 3.05) is 33.0 Å². The number of nitrogens with one attached hydrogen (secondary N) is 1. The Balaban J connectivity index is 2.10. The van der Waals surface area contributed by atoms with Gasteiger partial charge in [0, 0.05) is 38.5 Å². The summed E-state index contributed by atoms with van der Waals surface area (Å²) in [6, 6.07) is -0.126. The molecule has 0 spiro atoms. The zero-order valence-corrected chi connectivity index (χ0v) is 10.6. The Kier molecular flexibility index (Phi) is 3.11. The molecule has 6 heteroatoms. The van der Waals surface area contributed by atoms with Crippen molar-refractivity contribution in [3.05, 3.63) is 10.6 Å². The van der Waals surface area contributed by atoms with Gasteiger partial charge in [-0.15, -0.1) is 11.3 Å². The van der Waals surface area contributed by atoms with Crippen molar-refractivity contribution in [2.24, 2.45) is 0 Å². The third-order valence-electron chi connectivity index (χ3n) is 2.54. The fourth-order valence-electron chi connectivity index (χ4n) is 1.58. The molecule has 0 radical (unpaired) electrons. The molecule has 88 valence electrons. The smallest absolute Gasteiger partial charge is 0.323 e. The first-order valence-electron chi connectivity index (χ1n) is 5.21. The lowest BCUT2D eigenvalue weighted by atomic mass is 10.2. The van der Waals surface area contributed by atoms with Crippen LogP contribution in [0.15, 0.2) is 0 Å². The van der Waals surface area contributed by atoms with Gasteiger partial charge in [0.1, 0.15) is 0 Å². The lowest BCUT2D eigenvalue weighted by Gasteiger charge is -2.20. The molecule has 5 nitrogen and oxygen atoms in total. The van der Waals surface area contributed by atoms with Crippen LogP contribution < -0.4 is 5.32 Å². The largest absolute Gasteiger partial charge is 0.331 e. The van der Waals surface area contributed by atoms with Crippen LogP contribution >= 0.6 is 11.3 Å². The van der Waals surface area contributed by atoms with E-state index >= 15 is 0 Å². The molecule has 0 aliphatic carbocycles. The zero-order valence-electron chi connectivity index (χ0n) is 9.78. The molecule has 1 aromatic heterocycles. The van der Waals surface area contributed by atoms with E-state index in [1.807, 2.05) is 0 Å². The Morgan fingerprint density at radius 2 is 2.31 bits per heavy atom. The number of hydrogen-bond donors (Lipinski definition) is 1. The number of likely N-dealkylation sites (N-methyl/N-ethyl adjacent to an activating group) is 1. The van der Waals surface area contributed by atoms with E-state index in [-0.39, 0.29) is 6.03 Å². The van der Waals surface area contributed by atoms with Crippen LogP contribution in [0.5, 0.6) is 0 Å². The molecule has 1 aliphatic heterocycles. The molecule has 1 aromatic rings. The van der Waals surface area contributed by atoms with E-state index < -0.39 is 0 Å². The average molecular weight is 240 g/mol. The molecule has 0 saturated carbocycles. The van der Waals surface area contributed by atoms with Gasteiger partial charge in [-0.25, -0.2) is 9.78 Å². The van der Waals surface area contributed by atoms with Crippen molar-refractivity contribution in [2.45, 2.75) is 13.0 Å². The molecule has 1 N–H and O–H groups in total. The monoisotopic (exact) mass is 240 g/mol. The SMILES string of the molecule is CN1CCc2nc(NC(=O)N(C)C)sc2C1. The Morgan fingerprint density at radius 1 is 1.56 bits per heavy atom. The molecule has 0 saturated heterocycles. The van der Waals surface area contributed by atoms with E-state index in [0.717, 1.165) is 25.2 Å². The number of fused-ring (bicyclic) bond motifs is 1. The molecule has 1 aliphatic rings. The van der Waals surface area contributed by atoms with Crippen LogP contribution in [0.4, 0.5) is 9.93 Å². The van der Waals surface area contributed by atoms with Gasteiger partial charge in [-0.2, -0.15) is 0 Å². The summed E-state index contributed by atoms with van der Waals surface area (Å²) in [4.78, 5) is 20.9. The van der Waals surface area contributed by atoms with Crippen LogP contribution in [0.25, 0.3) is 0 Å². The second-order valence-corrected chi connectivity index (χ2v) is 5.28. The van der Waals surface area contributed by atoms with Gasteiger partial charge < -0.3 is 9.80 Å². The van der Waals surface area contributed by atoms with Crippen LogP contribution in [-0.2, 0) is 13.0 Å². The second kappa shape index (κ2) is 4.39. The highest BCUT2D eigenvalue weighted by atomic mass is 32.1. The molecular formula is C10H16N4OS. The Hall–Kier alpha value is -1.14. The maximum Gasteiger partial charge on any atom is 0.323 e. The molecule has 0 atom stereocenters. The van der Waals surface area contributed by atoms with Gasteiger partial charge in [0.25, 0.3) is 0 Å². The van der Waals surface area contributed by atoms with Gasteiger partial charge in [-0.1, -0.05) is 0 Å². The van der Waals surface area contributed by atoms with Crippen LogP contribution in [0.3, 0.4) is 0 Å². The molecule has 2 amide bonds. The normalized spacial score (nSPS) is 15.7. The minimum absolute atomic E-state index is 0.126. The van der Waals surface area contributed by atoms with Gasteiger partial charge in [0.05, 0.1) is 5.69 Å². The number of carbonyl (C=O) groups excluding carboxylic acids is 1. The summed E-state index contributed by atoms with van der Waals surface area (Å²) < 4.78 is 0. The zero-order chi connectivity index (χ0) is 11.7. The molecule has 0 bridgehead atoms. The Morgan fingerprint density at radius 3 is 3.00 bits per heavy atom. The standard InChI is InChI=1S/C10H16N4OS/c1-13(2)10(15)12-9-11-7-4-5-14(3)6-8(7)16-9/h4-6H2,1-3H3,(H,11,12,15). The number of aromatic nitrogens is 1. The number of thiazole rings is 1. The van der Waals surface area contributed by atoms with Crippen molar-refractivity contribution in [1.29, 1.82) is 0 Å². The van der Waals surface area contributed by atoms with E-state index in [9.17, 15) is 4.79 Å². The van der Waals surface area contributed by atoms with E-state index in [4.69, 9.17) is 0 Å². The fraction of sp³-hybridized carbons (Fsp3) is 0.600. The predicted molar refractivity (Wildman–Crippen MR) is 64.9 cm³/mol. The maximum absolute atomic E-state index is 11.5. The van der Waals surface area contributed by atoms with Gasteiger partial charge in [0.2, 0.25) is 0 Å². The number of carbonyl (C=O) groups is 1. The number of anilines is 1. The number of rotatable bonds is 1. The minimum Gasteiger partial charge on any atom is -0.331 e. The third kappa shape index (κ3) is 2.33. The summed E-state index contributed by atoms with van der Waals surface area (Å²) in [7, 11) is 5.54. The number of hydrogen-bond acceptors (Lipinski definition) is 4. The van der Waals surface area contributed by atoms with Gasteiger partial charge >= 0.3 is 6.03 Å². The Bertz CT molecular complexity index is 402. The Labute approximate surface area is 99.1 Å².